The SMILES string of the molecule is CC(C)Cn1c(CCC(N)=O)nnc1SCc1cc2ccccc2nc1Cl. The van der Waals surface area contributed by atoms with Crippen LogP contribution in [0.5, 0.6) is 0 Å². The molecule has 142 valence electrons. The number of rotatable bonds is 8. The minimum Gasteiger partial charge on any atom is -0.370 e. The van der Waals surface area contributed by atoms with Gasteiger partial charge in [0.05, 0.1) is 5.52 Å². The number of hydrogen-bond donors (Lipinski definition) is 1. The number of carbonyl (C=O) groups is 1. The number of primary amides is 1. The fraction of sp³-hybridized carbons (Fsp3) is 0.368. The number of nitrogens with zero attached hydrogens (tertiary/aromatic N) is 4. The van der Waals surface area contributed by atoms with Crippen molar-refractivity contribution in [2.45, 2.75) is 44.1 Å². The van der Waals surface area contributed by atoms with Crippen molar-refractivity contribution in [1.82, 2.24) is 19.7 Å². The van der Waals surface area contributed by atoms with Gasteiger partial charge in [-0.1, -0.05) is 55.4 Å². The molecule has 0 aliphatic heterocycles. The number of benzene rings is 1. The molecule has 1 amide bonds. The monoisotopic (exact) mass is 403 g/mol. The zero-order valence-electron chi connectivity index (χ0n) is 15.4. The van der Waals surface area contributed by atoms with Crippen molar-refractivity contribution in [2.24, 2.45) is 11.7 Å². The average Bonchev–Trinajstić information content (AvgIpc) is 2.99. The quantitative estimate of drug-likeness (QED) is 0.456. The second kappa shape index (κ2) is 8.71. The van der Waals surface area contributed by atoms with Crippen molar-refractivity contribution >= 4 is 40.2 Å². The maximum atomic E-state index is 11.1. The van der Waals surface area contributed by atoms with E-state index in [0.29, 0.717) is 23.2 Å². The minimum absolute atomic E-state index is 0.265. The van der Waals surface area contributed by atoms with E-state index in [4.69, 9.17) is 17.3 Å². The van der Waals surface area contributed by atoms with E-state index in [1.54, 1.807) is 11.8 Å². The first-order valence-corrected chi connectivity index (χ1v) is 10.2. The molecule has 0 aliphatic carbocycles. The van der Waals surface area contributed by atoms with Gasteiger partial charge in [0.15, 0.2) is 5.16 Å². The minimum atomic E-state index is -0.336. The van der Waals surface area contributed by atoms with Gasteiger partial charge in [-0.25, -0.2) is 4.98 Å². The molecule has 0 bridgehead atoms. The molecule has 0 fully saturated rings. The molecular weight excluding hydrogens is 382 g/mol. The third kappa shape index (κ3) is 4.99. The lowest BCUT2D eigenvalue weighted by Gasteiger charge is -2.12. The Labute approximate surface area is 167 Å². The molecule has 1 aromatic carbocycles. The Morgan fingerprint density at radius 3 is 2.81 bits per heavy atom. The first kappa shape index (κ1) is 19.6. The maximum Gasteiger partial charge on any atom is 0.217 e. The van der Waals surface area contributed by atoms with Gasteiger partial charge in [0.25, 0.3) is 0 Å². The average molecular weight is 404 g/mol. The molecule has 0 saturated heterocycles. The second-order valence-electron chi connectivity index (χ2n) is 6.79. The molecule has 2 heterocycles. The van der Waals surface area contributed by atoms with Crippen LogP contribution >= 0.6 is 23.4 Å². The summed E-state index contributed by atoms with van der Waals surface area (Å²) in [4.78, 5) is 15.6. The van der Waals surface area contributed by atoms with Crippen molar-refractivity contribution in [3.8, 4) is 0 Å². The fourth-order valence-corrected chi connectivity index (χ4v) is 4.00. The number of para-hydroxylation sites is 1. The maximum absolute atomic E-state index is 11.1. The highest BCUT2D eigenvalue weighted by molar-refractivity contribution is 7.98. The predicted octanol–water partition coefficient (Wildman–Crippen LogP) is 3.85. The van der Waals surface area contributed by atoms with Crippen LogP contribution < -0.4 is 5.73 Å². The van der Waals surface area contributed by atoms with Crippen LogP contribution in [-0.4, -0.2) is 25.7 Å². The Balaban J connectivity index is 1.80. The van der Waals surface area contributed by atoms with Crippen molar-refractivity contribution in [3.63, 3.8) is 0 Å². The van der Waals surface area contributed by atoms with Crippen LogP contribution in [0, 0.1) is 5.92 Å². The lowest BCUT2D eigenvalue weighted by Crippen LogP contribution is -2.15. The standard InChI is InChI=1S/C19H22ClN5OS/c1-12(2)10-25-17(8-7-16(21)26)23-24-19(25)27-11-14-9-13-5-3-4-6-15(13)22-18(14)20/h3-6,9,12H,7-8,10-11H2,1-2H3,(H2,21,26). The highest BCUT2D eigenvalue weighted by Gasteiger charge is 2.15. The van der Waals surface area contributed by atoms with Crippen molar-refractivity contribution in [2.75, 3.05) is 0 Å². The van der Waals surface area contributed by atoms with Gasteiger partial charge in [0.1, 0.15) is 11.0 Å². The summed E-state index contributed by atoms with van der Waals surface area (Å²) in [7, 11) is 0. The third-order valence-electron chi connectivity index (χ3n) is 4.04. The summed E-state index contributed by atoms with van der Waals surface area (Å²) in [6.45, 7) is 5.06. The molecule has 2 N–H and O–H groups in total. The summed E-state index contributed by atoms with van der Waals surface area (Å²) >= 11 is 7.93. The number of halogens is 1. The molecule has 27 heavy (non-hydrogen) atoms. The van der Waals surface area contributed by atoms with Gasteiger partial charge in [-0.3, -0.25) is 4.79 Å². The Kier molecular flexibility index (Phi) is 6.34. The number of aryl methyl sites for hydroxylation is 1. The molecule has 0 atom stereocenters. The van der Waals surface area contributed by atoms with Gasteiger partial charge >= 0.3 is 0 Å². The van der Waals surface area contributed by atoms with Crippen LogP contribution in [0.4, 0.5) is 0 Å². The second-order valence-corrected chi connectivity index (χ2v) is 8.09. The Bertz CT molecular complexity index is 956. The fourth-order valence-electron chi connectivity index (χ4n) is 2.77. The summed E-state index contributed by atoms with van der Waals surface area (Å²) < 4.78 is 2.07. The summed E-state index contributed by atoms with van der Waals surface area (Å²) in [5.41, 5.74) is 7.11. The zero-order chi connectivity index (χ0) is 19.4. The highest BCUT2D eigenvalue weighted by atomic mass is 35.5. The van der Waals surface area contributed by atoms with Gasteiger partial charge in [0, 0.05) is 36.1 Å². The van der Waals surface area contributed by atoms with Crippen molar-refractivity contribution < 1.29 is 4.79 Å². The van der Waals surface area contributed by atoms with Crippen LogP contribution in [0.3, 0.4) is 0 Å². The Morgan fingerprint density at radius 2 is 2.07 bits per heavy atom. The zero-order valence-corrected chi connectivity index (χ0v) is 16.9. The van der Waals surface area contributed by atoms with Gasteiger partial charge in [-0.2, -0.15) is 0 Å². The molecule has 0 spiro atoms. The molecule has 6 nitrogen and oxygen atoms in total. The molecule has 3 aromatic rings. The number of amides is 1. The molecule has 2 aromatic heterocycles. The number of hydrogen-bond acceptors (Lipinski definition) is 5. The smallest absolute Gasteiger partial charge is 0.217 e. The Morgan fingerprint density at radius 1 is 1.30 bits per heavy atom. The van der Waals surface area contributed by atoms with E-state index in [1.165, 1.54) is 0 Å². The molecule has 3 rings (SSSR count). The number of thioether (sulfide) groups is 1. The number of fused-ring (bicyclic) bond motifs is 1. The Hall–Kier alpha value is -2.12. The summed E-state index contributed by atoms with van der Waals surface area (Å²) in [6, 6.07) is 9.97. The third-order valence-corrected chi connectivity index (χ3v) is 5.39. The summed E-state index contributed by atoms with van der Waals surface area (Å²) in [6.07, 6.45) is 0.759. The van der Waals surface area contributed by atoms with Gasteiger partial charge in [0.2, 0.25) is 5.91 Å². The van der Waals surface area contributed by atoms with Crippen LogP contribution in [0.2, 0.25) is 5.15 Å². The molecule has 0 unspecified atom stereocenters. The van der Waals surface area contributed by atoms with Gasteiger partial charge < -0.3 is 10.3 Å². The van der Waals surface area contributed by atoms with Gasteiger partial charge in [-0.05, 0) is 18.1 Å². The van der Waals surface area contributed by atoms with Crippen LogP contribution in [0.25, 0.3) is 10.9 Å². The van der Waals surface area contributed by atoms with E-state index in [2.05, 4.69) is 39.7 Å². The van der Waals surface area contributed by atoms with E-state index in [0.717, 1.165) is 34.0 Å². The lowest BCUT2D eigenvalue weighted by atomic mass is 10.2. The number of pyridine rings is 1. The first-order chi connectivity index (χ1) is 12.9. The first-order valence-electron chi connectivity index (χ1n) is 8.81. The van der Waals surface area contributed by atoms with Crippen molar-refractivity contribution in [1.29, 1.82) is 0 Å². The van der Waals surface area contributed by atoms with Gasteiger partial charge in [-0.15, -0.1) is 10.2 Å². The number of aromatic nitrogens is 4. The van der Waals surface area contributed by atoms with Crippen LogP contribution in [-0.2, 0) is 23.5 Å². The van der Waals surface area contributed by atoms with Crippen LogP contribution in [0.1, 0.15) is 31.7 Å². The van der Waals surface area contributed by atoms with E-state index < -0.39 is 0 Å². The molecule has 0 aliphatic rings. The molecule has 0 radical (unpaired) electrons. The van der Waals surface area contributed by atoms with Crippen LogP contribution in [0.15, 0.2) is 35.5 Å². The largest absolute Gasteiger partial charge is 0.370 e. The lowest BCUT2D eigenvalue weighted by molar-refractivity contribution is -0.118. The number of nitrogens with two attached hydrogens (primary N) is 1. The van der Waals surface area contributed by atoms with E-state index in [1.807, 2.05) is 24.3 Å². The van der Waals surface area contributed by atoms with E-state index >= 15 is 0 Å². The molecule has 8 heteroatoms. The molecule has 0 saturated carbocycles. The summed E-state index contributed by atoms with van der Waals surface area (Å²) in [5.74, 6) is 1.52. The van der Waals surface area contributed by atoms with E-state index in [-0.39, 0.29) is 12.3 Å². The van der Waals surface area contributed by atoms with Crippen molar-refractivity contribution in [3.05, 3.63) is 46.9 Å². The normalized spacial score (nSPS) is 11.4. The summed E-state index contributed by atoms with van der Waals surface area (Å²) in [5, 5.41) is 11.0. The topological polar surface area (TPSA) is 86.7 Å². The molecular formula is C19H22ClN5OS. The predicted molar refractivity (Wildman–Crippen MR) is 109 cm³/mol. The van der Waals surface area contributed by atoms with E-state index in [9.17, 15) is 4.79 Å². The highest BCUT2D eigenvalue weighted by Crippen LogP contribution is 2.28. The number of carbonyl (C=O) groups excluding carboxylic acids is 1.